The van der Waals surface area contributed by atoms with Crippen LogP contribution in [0.25, 0.3) is 0 Å². The summed E-state index contributed by atoms with van der Waals surface area (Å²) in [6, 6.07) is 6.68. The molecule has 5 aromatic rings. The van der Waals surface area contributed by atoms with Crippen LogP contribution in [0.5, 0.6) is 6.01 Å². The predicted octanol–water partition coefficient (Wildman–Crippen LogP) is 2.72. The number of aliphatic hydroxyl groups excluding tert-OH is 4. The summed E-state index contributed by atoms with van der Waals surface area (Å²) in [6.07, 6.45) is 17.0. The summed E-state index contributed by atoms with van der Waals surface area (Å²) >= 11 is 4.51. The van der Waals surface area contributed by atoms with E-state index < -0.39 is 180 Å². The molecule has 0 aromatic carbocycles. The molecule has 9 N–H and O–H groups in total. The maximum absolute atomic E-state index is 12.4. The molecule has 2 bridgehead atoms. The van der Waals surface area contributed by atoms with E-state index in [1.165, 1.54) is 70.4 Å². The van der Waals surface area contributed by atoms with Crippen LogP contribution in [0.2, 0.25) is 0 Å². The molecular weight excluding hydrogens is 1770 g/mol. The van der Waals surface area contributed by atoms with Crippen molar-refractivity contribution in [2.45, 2.75) is 319 Å². The molecule has 0 unspecified atom stereocenters. The third-order valence-corrected chi connectivity index (χ3v) is 29.0. The highest BCUT2D eigenvalue weighted by Crippen LogP contribution is 2.65. The molecule has 4 spiro atoms. The van der Waals surface area contributed by atoms with Crippen LogP contribution in [0.15, 0.2) is 104 Å². The molecule has 644 valence electrons. The molecule has 38 nitrogen and oxygen atoms in total. The van der Waals surface area contributed by atoms with Gasteiger partial charge in [-0.15, -0.1) is 0 Å². The fourth-order valence-corrected chi connectivity index (χ4v) is 22.8. The predicted molar refractivity (Wildman–Crippen MR) is 423 cm³/mol. The molecule has 40 heteroatoms. The first-order chi connectivity index (χ1) is 55.3. The van der Waals surface area contributed by atoms with Crippen LogP contribution >= 0.6 is 45.2 Å². The third kappa shape index (κ3) is 14.0. The molecule has 19 rings (SSSR count). The average Bonchev–Trinajstić information content (AvgIpc) is 1.49. The zero-order chi connectivity index (χ0) is 83.9. The molecular formula is C77H104I2N10O28. The van der Waals surface area contributed by atoms with Crippen molar-refractivity contribution in [2.24, 2.45) is 0 Å². The first kappa shape index (κ1) is 86.1. The van der Waals surface area contributed by atoms with E-state index in [1.54, 1.807) is 17.7 Å². The molecule has 117 heavy (non-hydrogen) atoms. The quantitative estimate of drug-likeness (QED) is 0.0678. The van der Waals surface area contributed by atoms with E-state index in [9.17, 15) is 68.7 Å². The molecule has 13 fully saturated rings. The van der Waals surface area contributed by atoms with Crippen molar-refractivity contribution in [1.82, 2.24) is 47.8 Å². The molecule has 0 radical (unpaired) electrons. The van der Waals surface area contributed by atoms with Gasteiger partial charge in [-0.1, -0.05) is 59.0 Å². The van der Waals surface area contributed by atoms with E-state index >= 15 is 0 Å². The normalized spacial score (nSPS) is 39.0. The Labute approximate surface area is 695 Å². The van der Waals surface area contributed by atoms with Crippen molar-refractivity contribution in [3.05, 3.63) is 155 Å². The Morgan fingerprint density at radius 2 is 0.812 bits per heavy atom. The van der Waals surface area contributed by atoms with Crippen molar-refractivity contribution in [2.75, 3.05) is 35.3 Å². The van der Waals surface area contributed by atoms with Crippen LogP contribution in [-0.2, 0) is 61.6 Å². The summed E-state index contributed by atoms with van der Waals surface area (Å²) in [5, 5.41) is 49.6. The molecule has 10 aliphatic heterocycles. The molecule has 9 saturated heterocycles. The van der Waals surface area contributed by atoms with Crippen LogP contribution in [0.4, 0.5) is 0 Å². The summed E-state index contributed by atoms with van der Waals surface area (Å²) in [6.45, 7) is 15.6. The van der Waals surface area contributed by atoms with E-state index in [0.29, 0.717) is 11.0 Å². The van der Waals surface area contributed by atoms with Gasteiger partial charge in [0.15, 0.2) is 54.3 Å². The second-order valence-electron chi connectivity index (χ2n) is 34.5. The zero-order valence-corrected chi connectivity index (χ0v) is 70.9. The van der Waals surface area contributed by atoms with Gasteiger partial charge < -0.3 is 91.8 Å². The maximum Gasteiger partial charge on any atom is 0.330 e. The summed E-state index contributed by atoms with van der Waals surface area (Å²) in [5.74, 6) is -2.44. The topological polar surface area (TPSA) is 485 Å². The number of halogens is 2. The number of ether oxygens (including phenoxy) is 14. The number of aromatic nitrogens is 10. The lowest BCUT2D eigenvalue weighted by Crippen LogP contribution is -2.57. The average molecular weight is 1870 g/mol. The number of fused-ring (bicyclic) bond motifs is 10. The van der Waals surface area contributed by atoms with E-state index in [4.69, 9.17) is 66.3 Å². The number of rotatable bonds is 11. The van der Waals surface area contributed by atoms with Gasteiger partial charge >= 0.3 is 28.8 Å². The van der Waals surface area contributed by atoms with Gasteiger partial charge in [0.2, 0.25) is 0 Å². The summed E-state index contributed by atoms with van der Waals surface area (Å²) in [4.78, 5) is 118. The van der Waals surface area contributed by atoms with Gasteiger partial charge in [0, 0.05) is 122 Å². The van der Waals surface area contributed by atoms with E-state index in [1.807, 2.05) is 25.8 Å². The van der Waals surface area contributed by atoms with Crippen molar-refractivity contribution in [3.8, 4) is 6.01 Å². The standard InChI is InChI=1S/C18H26N2O5.C16H21IN2O6.C16H19IN2O5.C16H22N2O6.C11H16N2O6/c1-4-17(5-2)13-16(3,25-18(23-13)9-6-7-10-18)14(24-17)20-11-8-12(21)19-15(20)22;1-14-11(23-16(25-14)5-2-3-6-16)15(8-17,9-20)24-12(14)19-7-4-10(21)18-13(19)22;1-14-12-19-7-4-11(20)18-13(19)21-8-10(22-12)16(14,9-17)24-15(23-14)5-2-3-6-15;1-14(9-19)11-15(2,24-16(22-11)6-3-4-7-16)12(23-14)18-8-5-10(20)17-13(18)21;1-10(5-14)7(16)11(2,18)8(19-10)13-4-3-6(15)12-9(13)17/h8,11,13-14H,4-7,9-10H2,1-3H3,(H,19,21,22);4,7,11-12,20H,2-3,5-6,8-9H2,1H3,(H,18,21,22);4,7,10,12H,2-3,5-6,8-9H2,1H3;5,8,11-12,19H,3-4,6-7,9H2,1-2H3,(H,17,20,21);3-4,7-8,14,16,18H,5H2,1-2H3,(H,12,15,17)/t13-,14+,16+;11-,12+,14+,15+;10-,12-,14+,16-;11-,12-,14-,15-;7-,8-,10-,11-/m00111/s1. The number of hydrogen-bond acceptors (Lipinski definition) is 29. The molecule has 4 saturated carbocycles. The summed E-state index contributed by atoms with van der Waals surface area (Å²) in [5.41, 5.74) is -14.2. The zero-order valence-electron chi connectivity index (χ0n) is 66.6. The molecule has 19 atom stereocenters. The van der Waals surface area contributed by atoms with Gasteiger partial charge in [0.05, 0.1) is 25.4 Å². The maximum atomic E-state index is 12.4. The van der Waals surface area contributed by atoms with Crippen LogP contribution in [0.1, 0.15) is 209 Å². The van der Waals surface area contributed by atoms with E-state index in [-0.39, 0.29) is 37.0 Å². The Hall–Kier alpha value is -5.86. The second-order valence-corrected chi connectivity index (χ2v) is 36.1. The SMILES string of the molecule is CCC1(CC)O[C@@H](n2ccc(=O)[nH]c2=O)[C@]2(C)OC3(CCCC3)O[C@H]12.C[C@@]12OC3(CCCC3)O[C@@H]1[C@@](C)(CO)O[C@H]2n1ccc(=O)[nH]c1=O.C[C@@]12OC3(CCCC3)O[C@@H]1[C@](CO)(CI)O[C@H]2n1ccc(=O)[nH]c1=O.C[C@@]12OC3(CCCC3)O[C@]1(CI)[C@H]1COc3nc(=O)ccn3[C@@H]2O1.C[C@]1(O)[C@H](n2ccc(=O)[nH]c2=O)O[C@](C)(CO)[C@H]1O. The van der Waals surface area contributed by atoms with Crippen LogP contribution < -0.4 is 55.3 Å². The first-order valence-corrected chi connectivity index (χ1v) is 43.1. The number of alkyl halides is 2. The molecule has 14 aliphatic rings. The summed E-state index contributed by atoms with van der Waals surface area (Å²) in [7, 11) is 0. The Morgan fingerprint density at radius 3 is 1.21 bits per heavy atom. The minimum absolute atomic E-state index is 0.246. The smallest absolute Gasteiger partial charge is 0.330 e. The number of hydrogen-bond donors (Lipinski definition) is 9. The van der Waals surface area contributed by atoms with Crippen molar-refractivity contribution in [1.29, 1.82) is 0 Å². The van der Waals surface area contributed by atoms with Crippen LogP contribution in [-0.4, -0.2) is 218 Å². The van der Waals surface area contributed by atoms with Gasteiger partial charge in [-0.3, -0.25) is 66.7 Å². The minimum atomic E-state index is -1.79. The van der Waals surface area contributed by atoms with Crippen molar-refractivity contribution >= 4 is 45.2 Å². The third-order valence-electron chi connectivity index (χ3n) is 26.6. The number of nitrogens with zero attached hydrogens (tertiary/aromatic N) is 6. The second kappa shape index (κ2) is 30.9. The van der Waals surface area contributed by atoms with E-state index in [0.717, 1.165) is 137 Å². The highest BCUT2D eigenvalue weighted by molar-refractivity contribution is 14.1. The highest BCUT2D eigenvalue weighted by Gasteiger charge is 2.78. The van der Waals surface area contributed by atoms with Gasteiger partial charge in [-0.05, 0) is 113 Å². The number of H-pyrrole nitrogens is 4. The van der Waals surface area contributed by atoms with Crippen LogP contribution in [0, 0.1) is 0 Å². The summed E-state index contributed by atoms with van der Waals surface area (Å²) < 4.78 is 95.8. The van der Waals surface area contributed by atoms with Crippen LogP contribution in [0.3, 0.4) is 0 Å². The number of aromatic amines is 4. The number of aliphatic hydroxyl groups is 5. The van der Waals surface area contributed by atoms with Gasteiger partial charge in [0.1, 0.15) is 87.5 Å². The lowest BCUT2D eigenvalue weighted by Gasteiger charge is -2.37. The highest BCUT2D eigenvalue weighted by atomic mass is 127. The number of nitrogens with one attached hydrogen (secondary N) is 4. The van der Waals surface area contributed by atoms with Gasteiger partial charge in [-0.25, -0.2) is 19.2 Å². The fourth-order valence-electron chi connectivity index (χ4n) is 20.5. The first-order valence-electron chi connectivity index (χ1n) is 40.1. The van der Waals surface area contributed by atoms with Gasteiger partial charge in [0.25, 0.3) is 27.8 Å². The van der Waals surface area contributed by atoms with Crippen molar-refractivity contribution < 1.29 is 91.8 Å². The lowest BCUT2D eigenvalue weighted by atomic mass is 9.83. The Bertz CT molecular complexity index is 4980. The monoisotopic (exact) mass is 1870 g/mol. The van der Waals surface area contributed by atoms with E-state index in [2.05, 4.69) is 85.9 Å². The lowest BCUT2D eigenvalue weighted by molar-refractivity contribution is -0.248. The molecule has 5 aromatic heterocycles. The largest absolute Gasteiger partial charge is 0.462 e. The Balaban J connectivity index is 0.000000115. The Kier molecular flexibility index (Phi) is 22.7. The molecule has 4 aliphatic carbocycles. The van der Waals surface area contributed by atoms with Crippen molar-refractivity contribution in [3.63, 3.8) is 0 Å². The molecule has 15 heterocycles. The van der Waals surface area contributed by atoms with Gasteiger partial charge in [-0.2, -0.15) is 4.98 Å². The minimum Gasteiger partial charge on any atom is -0.462 e. The fraction of sp³-hybridized carbons (Fsp3) is 0.740. The molecule has 0 amide bonds. The Morgan fingerprint density at radius 1 is 0.436 bits per heavy atom.